The van der Waals surface area contributed by atoms with Crippen molar-refractivity contribution in [2.45, 2.75) is 13.3 Å². The largest absolute Gasteiger partial charge is 0.352 e. The van der Waals surface area contributed by atoms with Crippen molar-refractivity contribution in [2.75, 3.05) is 45.8 Å². The minimum Gasteiger partial charge on any atom is -0.352 e. The zero-order valence-electron chi connectivity index (χ0n) is 16.9. The first-order valence-corrected chi connectivity index (χ1v) is 10.4. The lowest BCUT2D eigenvalue weighted by Gasteiger charge is -2.33. The molecular weight excluding hydrogens is 364 g/mol. The van der Waals surface area contributed by atoms with Crippen LogP contribution in [0.15, 0.2) is 48.8 Å². The predicted octanol–water partition coefficient (Wildman–Crippen LogP) is 2.15. The number of fused-ring (bicyclic) bond motifs is 1. The van der Waals surface area contributed by atoms with Crippen molar-refractivity contribution in [3.05, 3.63) is 54.4 Å². The Bertz CT molecular complexity index is 946. The molecule has 1 fully saturated rings. The lowest BCUT2D eigenvalue weighted by molar-refractivity contribution is 0.0949. The molecule has 152 valence electrons. The van der Waals surface area contributed by atoms with E-state index in [0.717, 1.165) is 56.9 Å². The maximum atomic E-state index is 12.7. The normalized spacial score (nSPS) is 15.6. The van der Waals surface area contributed by atoms with Crippen LogP contribution in [-0.4, -0.2) is 76.1 Å². The number of benzene rings is 1. The highest BCUT2D eigenvalue weighted by molar-refractivity contribution is 5.99. The molecule has 3 aromatic rings. The second-order valence-electron chi connectivity index (χ2n) is 7.38. The SMILES string of the molecule is CCN1CCN(CCCNC(=O)c2cnn3c(-c4ccccc4)ccnc23)CC1. The number of hydrogen-bond acceptors (Lipinski definition) is 5. The molecule has 7 nitrogen and oxygen atoms in total. The van der Waals surface area contributed by atoms with E-state index in [0.29, 0.717) is 17.8 Å². The summed E-state index contributed by atoms with van der Waals surface area (Å²) in [6.07, 6.45) is 4.28. The van der Waals surface area contributed by atoms with Crippen LogP contribution in [0, 0.1) is 0 Å². The van der Waals surface area contributed by atoms with Crippen molar-refractivity contribution >= 4 is 11.6 Å². The summed E-state index contributed by atoms with van der Waals surface area (Å²) >= 11 is 0. The lowest BCUT2D eigenvalue weighted by Crippen LogP contribution is -2.46. The number of carbonyl (C=O) groups excluding carboxylic acids is 1. The van der Waals surface area contributed by atoms with Crippen LogP contribution in [0.4, 0.5) is 0 Å². The number of hydrogen-bond donors (Lipinski definition) is 1. The van der Waals surface area contributed by atoms with Crippen LogP contribution in [0.1, 0.15) is 23.7 Å². The van der Waals surface area contributed by atoms with Gasteiger partial charge in [0.05, 0.1) is 11.9 Å². The van der Waals surface area contributed by atoms with Crippen LogP contribution in [-0.2, 0) is 0 Å². The molecular formula is C22H28N6O. The Morgan fingerprint density at radius 1 is 1.07 bits per heavy atom. The fourth-order valence-electron chi connectivity index (χ4n) is 3.81. The van der Waals surface area contributed by atoms with E-state index >= 15 is 0 Å². The number of rotatable bonds is 7. The average molecular weight is 393 g/mol. The van der Waals surface area contributed by atoms with Gasteiger partial charge in [0.2, 0.25) is 0 Å². The number of nitrogens with one attached hydrogen (secondary N) is 1. The molecule has 4 rings (SSSR count). The second kappa shape index (κ2) is 9.15. The third-order valence-electron chi connectivity index (χ3n) is 5.56. The molecule has 0 aliphatic carbocycles. The minimum atomic E-state index is -0.117. The van der Waals surface area contributed by atoms with Crippen molar-refractivity contribution < 1.29 is 4.79 Å². The van der Waals surface area contributed by atoms with Gasteiger partial charge in [0.25, 0.3) is 5.91 Å². The highest BCUT2D eigenvalue weighted by atomic mass is 16.1. The Morgan fingerprint density at radius 3 is 2.59 bits per heavy atom. The highest BCUT2D eigenvalue weighted by Crippen LogP contribution is 2.20. The summed E-state index contributed by atoms with van der Waals surface area (Å²) in [6, 6.07) is 11.9. The molecule has 0 bridgehead atoms. The molecule has 1 amide bonds. The van der Waals surface area contributed by atoms with E-state index in [-0.39, 0.29) is 5.91 Å². The molecule has 0 radical (unpaired) electrons. The summed E-state index contributed by atoms with van der Waals surface area (Å²) in [5.74, 6) is -0.117. The van der Waals surface area contributed by atoms with Crippen LogP contribution in [0.5, 0.6) is 0 Å². The van der Waals surface area contributed by atoms with Crippen LogP contribution in [0.3, 0.4) is 0 Å². The summed E-state index contributed by atoms with van der Waals surface area (Å²) < 4.78 is 1.73. The standard InChI is InChI=1S/C22H28N6O/c1-2-26-13-15-27(16-14-26)12-6-10-24-22(29)19-17-25-28-20(9-11-23-21(19)28)18-7-4-3-5-8-18/h3-5,7-9,11,17H,2,6,10,12-16H2,1H3,(H,24,29). The Kier molecular flexibility index (Phi) is 6.17. The maximum absolute atomic E-state index is 12.7. The van der Waals surface area contributed by atoms with E-state index in [4.69, 9.17) is 0 Å². The fraction of sp³-hybridized carbons (Fsp3) is 0.409. The van der Waals surface area contributed by atoms with Gasteiger partial charge in [-0.05, 0) is 25.6 Å². The number of aromatic nitrogens is 3. The summed E-state index contributed by atoms with van der Waals surface area (Å²) in [7, 11) is 0. The van der Waals surface area contributed by atoms with E-state index in [2.05, 4.69) is 32.1 Å². The molecule has 1 aliphatic heterocycles. The van der Waals surface area contributed by atoms with Gasteiger partial charge in [-0.2, -0.15) is 5.10 Å². The number of nitrogens with zero attached hydrogens (tertiary/aromatic N) is 5. The maximum Gasteiger partial charge on any atom is 0.256 e. The summed E-state index contributed by atoms with van der Waals surface area (Å²) in [6.45, 7) is 9.52. The Labute approximate surface area is 171 Å². The number of carbonyl (C=O) groups is 1. The number of likely N-dealkylation sites (N-methyl/N-ethyl adjacent to an activating group) is 1. The van der Waals surface area contributed by atoms with Gasteiger partial charge in [-0.3, -0.25) is 4.79 Å². The Balaban J connectivity index is 1.35. The monoisotopic (exact) mass is 392 g/mol. The van der Waals surface area contributed by atoms with E-state index in [1.807, 2.05) is 36.4 Å². The summed E-state index contributed by atoms with van der Waals surface area (Å²) in [5.41, 5.74) is 3.05. The first kappa shape index (κ1) is 19.5. The zero-order valence-corrected chi connectivity index (χ0v) is 16.9. The van der Waals surface area contributed by atoms with E-state index < -0.39 is 0 Å². The van der Waals surface area contributed by atoms with Crippen molar-refractivity contribution in [1.29, 1.82) is 0 Å². The predicted molar refractivity (Wildman–Crippen MR) is 114 cm³/mol. The van der Waals surface area contributed by atoms with Crippen molar-refractivity contribution in [3.8, 4) is 11.3 Å². The van der Waals surface area contributed by atoms with Gasteiger partial charge >= 0.3 is 0 Å². The molecule has 0 saturated carbocycles. The van der Waals surface area contributed by atoms with Crippen molar-refractivity contribution in [1.82, 2.24) is 29.7 Å². The third kappa shape index (κ3) is 4.46. The van der Waals surface area contributed by atoms with Gasteiger partial charge in [0.1, 0.15) is 5.56 Å². The smallest absolute Gasteiger partial charge is 0.256 e. The third-order valence-corrected chi connectivity index (χ3v) is 5.56. The molecule has 29 heavy (non-hydrogen) atoms. The molecule has 1 N–H and O–H groups in total. The molecule has 3 heterocycles. The summed E-state index contributed by atoms with van der Waals surface area (Å²) in [4.78, 5) is 22.0. The van der Waals surface area contributed by atoms with Gasteiger partial charge < -0.3 is 15.1 Å². The Hall–Kier alpha value is -2.77. The molecule has 0 atom stereocenters. The van der Waals surface area contributed by atoms with E-state index in [9.17, 15) is 4.79 Å². The molecule has 0 spiro atoms. The molecule has 1 saturated heterocycles. The Morgan fingerprint density at radius 2 is 1.83 bits per heavy atom. The quantitative estimate of drug-likeness (QED) is 0.624. The molecule has 7 heteroatoms. The second-order valence-corrected chi connectivity index (χ2v) is 7.38. The minimum absolute atomic E-state index is 0.117. The van der Waals surface area contributed by atoms with Gasteiger partial charge in [-0.25, -0.2) is 9.50 Å². The van der Waals surface area contributed by atoms with Crippen LogP contribution < -0.4 is 5.32 Å². The molecule has 1 aliphatic rings. The van der Waals surface area contributed by atoms with Crippen molar-refractivity contribution in [2.24, 2.45) is 0 Å². The van der Waals surface area contributed by atoms with Gasteiger partial charge in [-0.1, -0.05) is 37.3 Å². The topological polar surface area (TPSA) is 65.8 Å². The first-order valence-electron chi connectivity index (χ1n) is 10.4. The van der Waals surface area contributed by atoms with Crippen LogP contribution >= 0.6 is 0 Å². The highest BCUT2D eigenvalue weighted by Gasteiger charge is 2.17. The number of piperazine rings is 1. The summed E-state index contributed by atoms with van der Waals surface area (Å²) in [5, 5.41) is 7.44. The van der Waals surface area contributed by atoms with Gasteiger partial charge in [0, 0.05) is 44.5 Å². The number of amides is 1. The first-order chi connectivity index (χ1) is 14.3. The molecule has 2 aromatic heterocycles. The van der Waals surface area contributed by atoms with Crippen molar-refractivity contribution in [3.63, 3.8) is 0 Å². The van der Waals surface area contributed by atoms with E-state index in [1.54, 1.807) is 16.9 Å². The van der Waals surface area contributed by atoms with E-state index in [1.165, 1.54) is 0 Å². The fourth-order valence-corrected chi connectivity index (χ4v) is 3.81. The molecule has 0 unspecified atom stereocenters. The average Bonchev–Trinajstić information content (AvgIpc) is 3.22. The van der Waals surface area contributed by atoms with Gasteiger partial charge in [0.15, 0.2) is 5.65 Å². The molecule has 1 aromatic carbocycles. The van der Waals surface area contributed by atoms with Gasteiger partial charge in [-0.15, -0.1) is 0 Å². The van der Waals surface area contributed by atoms with Crippen LogP contribution in [0.2, 0.25) is 0 Å². The lowest BCUT2D eigenvalue weighted by atomic mass is 10.1. The van der Waals surface area contributed by atoms with Crippen LogP contribution in [0.25, 0.3) is 16.9 Å². The zero-order chi connectivity index (χ0) is 20.1.